The molecule has 1 aromatic heterocycles. The quantitative estimate of drug-likeness (QED) is 0.818. The molecule has 1 saturated carbocycles. The number of nitrogens with one attached hydrogen (secondary N) is 1. The van der Waals surface area contributed by atoms with Crippen molar-refractivity contribution in [2.24, 2.45) is 5.73 Å². The number of aryl methyl sites for hydroxylation is 1. The van der Waals surface area contributed by atoms with E-state index >= 15 is 0 Å². The Labute approximate surface area is 93.7 Å². The van der Waals surface area contributed by atoms with Crippen molar-refractivity contribution < 1.29 is 4.79 Å². The van der Waals surface area contributed by atoms with Crippen molar-refractivity contribution in [3.8, 4) is 0 Å². The maximum atomic E-state index is 11.7. The Hall–Kier alpha value is -0.870. The summed E-state index contributed by atoms with van der Waals surface area (Å²) >= 11 is 1.66. The van der Waals surface area contributed by atoms with Gasteiger partial charge in [-0.05, 0) is 48.1 Å². The maximum Gasteiger partial charge on any atom is 0.240 e. The molecule has 2 rings (SSSR count). The van der Waals surface area contributed by atoms with E-state index in [1.165, 1.54) is 11.1 Å². The summed E-state index contributed by atoms with van der Waals surface area (Å²) in [5, 5.41) is 7.07. The van der Waals surface area contributed by atoms with E-state index in [2.05, 4.69) is 23.0 Å². The number of thiophene rings is 1. The summed E-state index contributed by atoms with van der Waals surface area (Å²) in [6.07, 6.45) is 2.71. The van der Waals surface area contributed by atoms with Crippen LogP contribution in [0.4, 0.5) is 0 Å². The standard InChI is InChI=1S/C11H16N2OS/c1-8-6-15-7-9(8)5-13-10(14)11(12)3-2-4-11/h6-7H,2-5,12H2,1H3,(H,13,14). The van der Waals surface area contributed by atoms with E-state index in [0.717, 1.165) is 19.3 Å². The fourth-order valence-corrected chi connectivity index (χ4v) is 2.56. The molecule has 1 aliphatic rings. The maximum absolute atomic E-state index is 11.7. The molecule has 0 aliphatic heterocycles. The van der Waals surface area contributed by atoms with E-state index in [1.807, 2.05) is 0 Å². The molecule has 1 aromatic rings. The number of hydrogen-bond donors (Lipinski definition) is 2. The summed E-state index contributed by atoms with van der Waals surface area (Å²) in [4.78, 5) is 11.7. The van der Waals surface area contributed by atoms with Gasteiger partial charge in [-0.2, -0.15) is 11.3 Å². The molecule has 0 bridgehead atoms. The van der Waals surface area contributed by atoms with E-state index in [0.29, 0.717) is 6.54 Å². The van der Waals surface area contributed by atoms with E-state index < -0.39 is 5.54 Å². The average Bonchev–Trinajstić information content (AvgIpc) is 2.56. The summed E-state index contributed by atoms with van der Waals surface area (Å²) in [6.45, 7) is 2.66. The molecule has 1 heterocycles. The van der Waals surface area contributed by atoms with E-state index in [1.54, 1.807) is 11.3 Å². The SMILES string of the molecule is Cc1cscc1CNC(=O)C1(N)CCC1. The zero-order valence-corrected chi connectivity index (χ0v) is 9.69. The van der Waals surface area contributed by atoms with Crippen LogP contribution in [-0.4, -0.2) is 11.4 Å². The van der Waals surface area contributed by atoms with Crippen LogP contribution in [0.3, 0.4) is 0 Å². The highest BCUT2D eigenvalue weighted by atomic mass is 32.1. The molecule has 0 saturated heterocycles. The lowest BCUT2D eigenvalue weighted by Crippen LogP contribution is -2.58. The van der Waals surface area contributed by atoms with E-state index in [9.17, 15) is 4.79 Å². The third kappa shape index (κ3) is 2.06. The lowest BCUT2D eigenvalue weighted by atomic mass is 9.77. The predicted octanol–water partition coefficient (Wildman–Crippen LogP) is 1.55. The number of carbonyl (C=O) groups is 1. The van der Waals surface area contributed by atoms with Gasteiger partial charge in [0.05, 0.1) is 5.54 Å². The number of hydrogen-bond acceptors (Lipinski definition) is 3. The first-order chi connectivity index (χ1) is 7.12. The Morgan fingerprint density at radius 2 is 2.33 bits per heavy atom. The fourth-order valence-electron chi connectivity index (χ4n) is 1.70. The third-order valence-electron chi connectivity index (χ3n) is 3.10. The fraction of sp³-hybridized carbons (Fsp3) is 0.545. The van der Waals surface area contributed by atoms with Crippen molar-refractivity contribution in [2.75, 3.05) is 0 Å². The summed E-state index contributed by atoms with van der Waals surface area (Å²) < 4.78 is 0. The monoisotopic (exact) mass is 224 g/mol. The molecule has 4 heteroatoms. The highest BCUT2D eigenvalue weighted by Gasteiger charge is 2.39. The van der Waals surface area contributed by atoms with Gasteiger partial charge in [0.25, 0.3) is 0 Å². The van der Waals surface area contributed by atoms with Crippen LogP contribution in [0.2, 0.25) is 0 Å². The summed E-state index contributed by atoms with van der Waals surface area (Å²) in [7, 11) is 0. The van der Waals surface area contributed by atoms with Crippen molar-refractivity contribution in [1.29, 1.82) is 0 Å². The van der Waals surface area contributed by atoms with Gasteiger partial charge in [0.1, 0.15) is 0 Å². The summed E-state index contributed by atoms with van der Waals surface area (Å²) in [6, 6.07) is 0. The van der Waals surface area contributed by atoms with Gasteiger partial charge >= 0.3 is 0 Å². The molecule has 1 amide bonds. The second kappa shape index (κ2) is 3.94. The van der Waals surface area contributed by atoms with Crippen LogP contribution in [0, 0.1) is 6.92 Å². The van der Waals surface area contributed by atoms with Crippen LogP contribution in [0.25, 0.3) is 0 Å². The van der Waals surface area contributed by atoms with Crippen molar-refractivity contribution in [3.05, 3.63) is 21.9 Å². The third-order valence-corrected chi connectivity index (χ3v) is 4.01. The molecule has 3 nitrogen and oxygen atoms in total. The summed E-state index contributed by atoms with van der Waals surface area (Å²) in [5.41, 5.74) is 7.76. The number of nitrogens with two attached hydrogens (primary N) is 1. The van der Waals surface area contributed by atoms with E-state index in [4.69, 9.17) is 5.73 Å². The van der Waals surface area contributed by atoms with Crippen LogP contribution in [-0.2, 0) is 11.3 Å². The Balaban J connectivity index is 1.88. The van der Waals surface area contributed by atoms with Gasteiger partial charge in [0.2, 0.25) is 5.91 Å². The van der Waals surface area contributed by atoms with Crippen molar-refractivity contribution >= 4 is 17.2 Å². The molecule has 0 atom stereocenters. The molecule has 0 aromatic carbocycles. The molecule has 1 aliphatic carbocycles. The molecular formula is C11H16N2OS. The molecular weight excluding hydrogens is 208 g/mol. The smallest absolute Gasteiger partial charge is 0.240 e. The highest BCUT2D eigenvalue weighted by molar-refractivity contribution is 7.08. The Kier molecular flexibility index (Phi) is 2.80. The van der Waals surface area contributed by atoms with Gasteiger partial charge in [-0.15, -0.1) is 0 Å². The van der Waals surface area contributed by atoms with Gasteiger partial charge < -0.3 is 11.1 Å². The molecule has 0 radical (unpaired) electrons. The van der Waals surface area contributed by atoms with Gasteiger partial charge in [0.15, 0.2) is 0 Å². The lowest BCUT2D eigenvalue weighted by Gasteiger charge is -2.36. The number of carbonyl (C=O) groups excluding carboxylic acids is 1. The Morgan fingerprint density at radius 1 is 1.60 bits per heavy atom. The minimum atomic E-state index is -0.579. The first-order valence-electron chi connectivity index (χ1n) is 5.21. The zero-order valence-electron chi connectivity index (χ0n) is 8.88. The van der Waals surface area contributed by atoms with Gasteiger partial charge in [0, 0.05) is 6.54 Å². The van der Waals surface area contributed by atoms with Crippen molar-refractivity contribution in [2.45, 2.75) is 38.3 Å². The normalized spacial score (nSPS) is 18.3. The molecule has 15 heavy (non-hydrogen) atoms. The second-order valence-electron chi connectivity index (χ2n) is 4.27. The molecule has 82 valence electrons. The minimum Gasteiger partial charge on any atom is -0.350 e. The molecule has 3 N–H and O–H groups in total. The van der Waals surface area contributed by atoms with Crippen LogP contribution in [0.5, 0.6) is 0 Å². The zero-order chi connectivity index (χ0) is 10.9. The van der Waals surface area contributed by atoms with Crippen LogP contribution in [0.1, 0.15) is 30.4 Å². The lowest BCUT2D eigenvalue weighted by molar-refractivity contribution is -0.129. The first kappa shape index (κ1) is 10.6. The Bertz CT molecular complexity index is 368. The van der Waals surface area contributed by atoms with Crippen LogP contribution >= 0.6 is 11.3 Å². The largest absolute Gasteiger partial charge is 0.350 e. The topological polar surface area (TPSA) is 55.1 Å². The average molecular weight is 224 g/mol. The van der Waals surface area contributed by atoms with Gasteiger partial charge in [-0.1, -0.05) is 0 Å². The second-order valence-corrected chi connectivity index (χ2v) is 5.02. The van der Waals surface area contributed by atoms with Crippen LogP contribution < -0.4 is 11.1 Å². The van der Waals surface area contributed by atoms with Crippen LogP contribution in [0.15, 0.2) is 10.8 Å². The van der Waals surface area contributed by atoms with Gasteiger partial charge in [-0.3, -0.25) is 4.79 Å². The molecule has 0 spiro atoms. The van der Waals surface area contributed by atoms with E-state index in [-0.39, 0.29) is 5.91 Å². The van der Waals surface area contributed by atoms with Gasteiger partial charge in [-0.25, -0.2) is 0 Å². The summed E-state index contributed by atoms with van der Waals surface area (Å²) in [5.74, 6) is -0.000602. The number of amides is 1. The van der Waals surface area contributed by atoms with Crippen molar-refractivity contribution in [1.82, 2.24) is 5.32 Å². The molecule has 0 unspecified atom stereocenters. The predicted molar refractivity (Wildman–Crippen MR) is 61.7 cm³/mol. The van der Waals surface area contributed by atoms with Crippen molar-refractivity contribution in [3.63, 3.8) is 0 Å². The first-order valence-corrected chi connectivity index (χ1v) is 6.15. The number of rotatable bonds is 3. The molecule has 1 fully saturated rings. The minimum absolute atomic E-state index is 0.000602. The Morgan fingerprint density at radius 3 is 2.80 bits per heavy atom. The highest BCUT2D eigenvalue weighted by Crippen LogP contribution is 2.29.